The molecular weight excluding hydrogens is 426 g/mol. The lowest BCUT2D eigenvalue weighted by Gasteiger charge is -2.36. The number of guanidine groups is 1. The predicted octanol–water partition coefficient (Wildman–Crippen LogP) is 1.82. The number of nitriles is 1. The molecule has 0 saturated carbocycles. The molecule has 2 aromatic rings. The zero-order chi connectivity index (χ0) is 22.6. The number of halogens is 2. The molecule has 3 rings (SSSR count). The average Bonchev–Trinajstić information content (AvgIpc) is 3.15. The average molecular weight is 444 g/mol. The van der Waals surface area contributed by atoms with Crippen LogP contribution in [0, 0.1) is 23.1 Å². The van der Waals surface area contributed by atoms with Crippen LogP contribution in [-0.4, -0.2) is 39.7 Å². The third kappa shape index (κ3) is 4.50. The maximum absolute atomic E-state index is 14.5. The molecule has 0 spiro atoms. The number of carbonyl (C=O) groups is 1. The van der Waals surface area contributed by atoms with E-state index in [2.05, 4.69) is 15.4 Å². The van der Waals surface area contributed by atoms with E-state index < -0.39 is 28.5 Å². The van der Waals surface area contributed by atoms with Crippen molar-refractivity contribution in [1.82, 2.24) is 10.3 Å². The summed E-state index contributed by atoms with van der Waals surface area (Å²) in [5.41, 5.74) is 6.11. The van der Waals surface area contributed by atoms with Crippen molar-refractivity contribution in [2.24, 2.45) is 15.8 Å². The molecule has 160 valence electrons. The number of rotatable bonds is 5. The van der Waals surface area contributed by atoms with Gasteiger partial charge in [0.1, 0.15) is 22.8 Å². The number of nitrogens with one attached hydrogen (secondary N) is 1. The summed E-state index contributed by atoms with van der Waals surface area (Å²) < 4.78 is 28.3. The monoisotopic (exact) mass is 444 g/mol. The van der Waals surface area contributed by atoms with Crippen LogP contribution in [0.3, 0.4) is 0 Å². The number of hydrogen-bond donors (Lipinski definition) is 3. The molecule has 1 heterocycles. The smallest absolute Gasteiger partial charge is 0.272 e. The van der Waals surface area contributed by atoms with Crippen LogP contribution >= 0.6 is 11.8 Å². The van der Waals surface area contributed by atoms with Gasteiger partial charge >= 0.3 is 0 Å². The summed E-state index contributed by atoms with van der Waals surface area (Å²) in [4.78, 5) is 14.9. The van der Waals surface area contributed by atoms with Crippen molar-refractivity contribution in [3.05, 3.63) is 71.3 Å². The standard InChI is InChI=1S/C20H18F2N6O2S/c1-12(29)18(30)28-20(10-25-19(24)26-11-23,13-5-3-2-4-6-13)31-17(27-28)15-9-14(21)7-8-16(15)22/h2-9,12,29H,10H2,1H3,(H3,24,25,26). The fraction of sp³-hybridized carbons (Fsp3) is 0.200. The predicted molar refractivity (Wildman–Crippen MR) is 112 cm³/mol. The van der Waals surface area contributed by atoms with E-state index >= 15 is 0 Å². The summed E-state index contributed by atoms with van der Waals surface area (Å²) in [5.74, 6) is -2.36. The molecular formula is C20H18F2N6O2S. The fourth-order valence-corrected chi connectivity index (χ4v) is 4.29. The SMILES string of the molecule is CC(O)C(=O)N1N=C(c2cc(F)ccc2F)SC1(CNC(N)=NC#N)c1ccccc1. The zero-order valence-electron chi connectivity index (χ0n) is 16.3. The number of amides is 1. The number of thioether (sulfide) groups is 1. The van der Waals surface area contributed by atoms with E-state index in [-0.39, 0.29) is 23.1 Å². The van der Waals surface area contributed by atoms with Crippen LogP contribution in [0.25, 0.3) is 0 Å². The minimum atomic E-state index is -1.42. The van der Waals surface area contributed by atoms with Crippen LogP contribution in [-0.2, 0) is 9.67 Å². The van der Waals surface area contributed by atoms with Gasteiger partial charge < -0.3 is 16.2 Å². The van der Waals surface area contributed by atoms with Crippen LogP contribution in [0.4, 0.5) is 8.78 Å². The Morgan fingerprint density at radius 3 is 2.74 bits per heavy atom. The van der Waals surface area contributed by atoms with E-state index in [9.17, 15) is 18.7 Å². The van der Waals surface area contributed by atoms with E-state index in [0.717, 1.165) is 35.0 Å². The highest BCUT2D eigenvalue weighted by molar-refractivity contribution is 8.15. The molecule has 1 amide bonds. The lowest BCUT2D eigenvalue weighted by molar-refractivity contribution is -0.142. The van der Waals surface area contributed by atoms with Crippen molar-refractivity contribution in [3.8, 4) is 6.19 Å². The van der Waals surface area contributed by atoms with E-state index in [1.807, 2.05) is 0 Å². The van der Waals surface area contributed by atoms with E-state index in [4.69, 9.17) is 11.0 Å². The van der Waals surface area contributed by atoms with E-state index in [1.54, 1.807) is 36.5 Å². The Hall–Kier alpha value is -3.49. The molecule has 4 N–H and O–H groups in total. The van der Waals surface area contributed by atoms with Crippen LogP contribution in [0.15, 0.2) is 58.6 Å². The van der Waals surface area contributed by atoms with Gasteiger partial charge in [-0.15, -0.1) is 4.99 Å². The molecule has 1 aliphatic rings. The molecule has 0 aromatic heterocycles. The van der Waals surface area contributed by atoms with Gasteiger partial charge in [0.15, 0.2) is 4.87 Å². The van der Waals surface area contributed by atoms with Gasteiger partial charge in [-0.1, -0.05) is 42.1 Å². The first-order chi connectivity index (χ1) is 14.8. The molecule has 0 radical (unpaired) electrons. The molecule has 2 unspecified atom stereocenters. The second-order valence-corrected chi connectivity index (χ2v) is 7.82. The Bertz CT molecular complexity index is 1090. The molecule has 0 saturated heterocycles. The summed E-state index contributed by atoms with van der Waals surface area (Å²) in [5, 5.41) is 26.7. The number of hydrogen-bond acceptors (Lipinski definition) is 6. The van der Waals surface area contributed by atoms with Crippen LogP contribution in [0.1, 0.15) is 18.1 Å². The molecule has 0 fully saturated rings. The highest BCUT2D eigenvalue weighted by Crippen LogP contribution is 2.47. The van der Waals surface area contributed by atoms with Crippen molar-refractivity contribution in [3.63, 3.8) is 0 Å². The van der Waals surface area contributed by atoms with Crippen LogP contribution in [0.2, 0.25) is 0 Å². The molecule has 2 aromatic carbocycles. The number of nitrogens with zero attached hydrogens (tertiary/aromatic N) is 4. The van der Waals surface area contributed by atoms with Gasteiger partial charge in [-0.3, -0.25) is 4.79 Å². The largest absolute Gasteiger partial charge is 0.383 e. The second kappa shape index (κ2) is 9.11. The molecule has 2 atom stereocenters. The van der Waals surface area contributed by atoms with Crippen molar-refractivity contribution in [2.75, 3.05) is 6.54 Å². The Kier molecular flexibility index (Phi) is 6.53. The number of hydrazone groups is 1. The number of aliphatic imine (C=N–C) groups is 1. The number of carbonyl (C=O) groups excluding carboxylic acids is 1. The van der Waals surface area contributed by atoms with Gasteiger partial charge in [0.2, 0.25) is 12.2 Å². The van der Waals surface area contributed by atoms with Gasteiger partial charge in [-0.25, -0.2) is 13.8 Å². The third-order valence-electron chi connectivity index (χ3n) is 4.43. The van der Waals surface area contributed by atoms with Gasteiger partial charge in [0, 0.05) is 5.56 Å². The molecule has 1 aliphatic heterocycles. The van der Waals surface area contributed by atoms with Crippen molar-refractivity contribution < 1.29 is 18.7 Å². The topological polar surface area (TPSA) is 127 Å². The number of nitrogens with two attached hydrogens (primary N) is 1. The van der Waals surface area contributed by atoms with Crippen molar-refractivity contribution >= 4 is 28.7 Å². The third-order valence-corrected chi connectivity index (χ3v) is 5.81. The van der Waals surface area contributed by atoms with Gasteiger partial charge in [0.25, 0.3) is 5.91 Å². The molecule has 0 bridgehead atoms. The Morgan fingerprint density at radius 2 is 2.10 bits per heavy atom. The number of aliphatic hydroxyl groups excluding tert-OH is 1. The van der Waals surface area contributed by atoms with Crippen molar-refractivity contribution in [2.45, 2.75) is 17.9 Å². The van der Waals surface area contributed by atoms with Crippen molar-refractivity contribution in [1.29, 1.82) is 5.26 Å². The summed E-state index contributed by atoms with van der Waals surface area (Å²) in [6, 6.07) is 11.6. The second-order valence-electron chi connectivity index (χ2n) is 6.56. The Labute approximate surface area is 181 Å². The minimum Gasteiger partial charge on any atom is -0.383 e. The summed E-state index contributed by atoms with van der Waals surface area (Å²) in [6.45, 7) is 1.18. The normalized spacial score (nSPS) is 19.5. The molecule has 0 aliphatic carbocycles. The summed E-state index contributed by atoms with van der Waals surface area (Å²) in [7, 11) is 0. The number of benzene rings is 2. The first-order valence-corrected chi connectivity index (χ1v) is 9.87. The Balaban J connectivity index is 2.15. The lowest BCUT2D eigenvalue weighted by atomic mass is 10.0. The maximum atomic E-state index is 14.5. The number of aliphatic hydroxyl groups is 1. The van der Waals surface area contributed by atoms with Gasteiger partial charge in [-0.2, -0.15) is 10.4 Å². The van der Waals surface area contributed by atoms with Crippen LogP contribution in [0.5, 0.6) is 0 Å². The molecule has 31 heavy (non-hydrogen) atoms. The highest BCUT2D eigenvalue weighted by atomic mass is 32.2. The highest BCUT2D eigenvalue weighted by Gasteiger charge is 2.50. The maximum Gasteiger partial charge on any atom is 0.272 e. The minimum absolute atomic E-state index is 0.0347. The fourth-order valence-electron chi connectivity index (χ4n) is 2.97. The summed E-state index contributed by atoms with van der Waals surface area (Å²) >= 11 is 0.982. The van der Waals surface area contributed by atoms with Crippen LogP contribution < -0.4 is 11.1 Å². The van der Waals surface area contributed by atoms with Gasteiger partial charge in [0.05, 0.1) is 6.54 Å². The van der Waals surface area contributed by atoms with Gasteiger partial charge in [-0.05, 0) is 30.7 Å². The molecule has 11 heteroatoms. The quantitative estimate of drug-likeness (QED) is 0.367. The zero-order valence-corrected chi connectivity index (χ0v) is 17.1. The Morgan fingerprint density at radius 1 is 1.39 bits per heavy atom. The lowest BCUT2D eigenvalue weighted by Crippen LogP contribution is -2.52. The first kappa shape index (κ1) is 22.2. The van der Waals surface area contributed by atoms with E-state index in [0.29, 0.717) is 5.56 Å². The van der Waals surface area contributed by atoms with E-state index in [1.165, 1.54) is 6.92 Å². The first-order valence-electron chi connectivity index (χ1n) is 9.05. The summed E-state index contributed by atoms with van der Waals surface area (Å²) in [6.07, 6.45) is 0.127. The molecule has 8 nitrogen and oxygen atoms in total.